The second-order valence-electron chi connectivity index (χ2n) is 3.98. The van der Waals surface area contributed by atoms with Crippen molar-refractivity contribution in [3.05, 3.63) is 40.4 Å². The zero-order chi connectivity index (χ0) is 14.9. The number of hydrogen-bond acceptors (Lipinski definition) is 4. The van der Waals surface area contributed by atoms with Crippen molar-refractivity contribution < 1.29 is 13.2 Å². The van der Waals surface area contributed by atoms with Crippen molar-refractivity contribution in [2.24, 2.45) is 5.73 Å². The van der Waals surface area contributed by atoms with Gasteiger partial charge in [-0.15, -0.1) is 11.3 Å². The van der Waals surface area contributed by atoms with Crippen molar-refractivity contribution in [3.8, 4) is 0 Å². The zero-order valence-electron chi connectivity index (χ0n) is 10.3. The van der Waals surface area contributed by atoms with Crippen LogP contribution in [0.5, 0.6) is 0 Å². The lowest BCUT2D eigenvalue weighted by atomic mass is 10.1. The Kier molecular flexibility index (Phi) is 4.05. The highest BCUT2D eigenvalue weighted by molar-refractivity contribution is 8.01. The van der Waals surface area contributed by atoms with Gasteiger partial charge in [-0.25, -0.2) is 4.98 Å². The summed E-state index contributed by atoms with van der Waals surface area (Å²) >= 11 is 2.66. The van der Waals surface area contributed by atoms with Gasteiger partial charge in [-0.3, -0.25) is 5.41 Å². The van der Waals surface area contributed by atoms with Crippen molar-refractivity contribution >= 4 is 28.9 Å². The van der Waals surface area contributed by atoms with Crippen molar-refractivity contribution in [1.29, 1.82) is 5.41 Å². The Balaban J connectivity index is 2.38. The molecular weight excluding hydrogens is 307 g/mol. The van der Waals surface area contributed by atoms with Crippen molar-refractivity contribution in [1.82, 2.24) is 4.98 Å². The van der Waals surface area contributed by atoms with E-state index in [1.165, 1.54) is 35.2 Å². The Bertz CT molecular complexity index is 650. The van der Waals surface area contributed by atoms with Gasteiger partial charge >= 0.3 is 6.18 Å². The molecule has 0 fully saturated rings. The molecular formula is C12H10F3N3S2. The highest BCUT2D eigenvalue weighted by Crippen LogP contribution is 2.36. The molecule has 0 aliphatic heterocycles. The molecule has 2 rings (SSSR count). The second-order valence-corrected chi connectivity index (χ2v) is 6.15. The Hall–Kier alpha value is -1.54. The number of aromatic nitrogens is 1. The maximum Gasteiger partial charge on any atom is 0.417 e. The van der Waals surface area contributed by atoms with Gasteiger partial charge in [-0.1, -0.05) is 11.8 Å². The Morgan fingerprint density at radius 3 is 2.60 bits per heavy atom. The predicted molar refractivity (Wildman–Crippen MR) is 73.4 cm³/mol. The number of amidine groups is 1. The van der Waals surface area contributed by atoms with Crippen LogP contribution < -0.4 is 5.73 Å². The number of rotatable bonds is 3. The number of hydrogen-bond donors (Lipinski definition) is 2. The third kappa shape index (κ3) is 3.31. The topological polar surface area (TPSA) is 62.8 Å². The van der Waals surface area contributed by atoms with E-state index in [1.54, 1.807) is 0 Å². The van der Waals surface area contributed by atoms with Gasteiger partial charge in [0.25, 0.3) is 0 Å². The average Bonchev–Trinajstić information content (AvgIpc) is 2.73. The molecule has 1 aromatic heterocycles. The first-order valence-corrected chi connectivity index (χ1v) is 7.12. The molecule has 20 heavy (non-hydrogen) atoms. The van der Waals surface area contributed by atoms with Gasteiger partial charge in [-0.2, -0.15) is 13.2 Å². The first-order chi connectivity index (χ1) is 9.27. The molecule has 1 aromatic carbocycles. The fourth-order valence-corrected chi connectivity index (χ4v) is 3.39. The van der Waals surface area contributed by atoms with Gasteiger partial charge < -0.3 is 5.73 Å². The SMILES string of the molecule is Cc1csc(Sc2ccc(C(F)(F)F)c(C(=N)N)c2)n1. The lowest BCUT2D eigenvalue weighted by Crippen LogP contribution is -2.18. The van der Waals surface area contributed by atoms with Gasteiger partial charge in [0.2, 0.25) is 0 Å². The summed E-state index contributed by atoms with van der Waals surface area (Å²) in [5.74, 6) is -0.602. The summed E-state index contributed by atoms with van der Waals surface area (Å²) < 4.78 is 39.1. The fraction of sp³-hybridized carbons (Fsp3) is 0.167. The first kappa shape index (κ1) is 14.9. The molecule has 0 radical (unpaired) electrons. The number of alkyl halides is 3. The summed E-state index contributed by atoms with van der Waals surface area (Å²) in [7, 11) is 0. The van der Waals surface area contributed by atoms with Crippen LogP contribution in [0.2, 0.25) is 0 Å². The number of nitrogens with one attached hydrogen (secondary N) is 1. The molecule has 0 atom stereocenters. The molecule has 0 amide bonds. The van der Waals surface area contributed by atoms with E-state index in [0.29, 0.717) is 4.90 Å². The van der Waals surface area contributed by atoms with Crippen LogP contribution in [-0.4, -0.2) is 10.8 Å². The molecule has 0 aliphatic rings. The Morgan fingerprint density at radius 2 is 2.10 bits per heavy atom. The Labute approximate surface area is 121 Å². The second kappa shape index (κ2) is 5.45. The summed E-state index contributed by atoms with van der Waals surface area (Å²) in [5, 5.41) is 9.15. The summed E-state index contributed by atoms with van der Waals surface area (Å²) in [6.45, 7) is 1.84. The molecule has 3 nitrogen and oxygen atoms in total. The van der Waals surface area contributed by atoms with E-state index in [4.69, 9.17) is 11.1 Å². The molecule has 0 saturated carbocycles. The normalized spacial score (nSPS) is 11.6. The molecule has 0 aliphatic carbocycles. The van der Waals surface area contributed by atoms with Crippen LogP contribution >= 0.6 is 23.1 Å². The summed E-state index contributed by atoms with van der Waals surface area (Å²) in [4.78, 5) is 4.79. The van der Waals surface area contributed by atoms with Gasteiger partial charge in [0, 0.05) is 21.5 Å². The van der Waals surface area contributed by atoms with Gasteiger partial charge in [0.05, 0.1) is 5.56 Å². The fourth-order valence-electron chi connectivity index (χ4n) is 1.54. The number of nitrogens with zero attached hydrogens (tertiary/aromatic N) is 1. The zero-order valence-corrected chi connectivity index (χ0v) is 11.9. The molecule has 3 N–H and O–H groups in total. The largest absolute Gasteiger partial charge is 0.417 e. The molecule has 0 saturated heterocycles. The van der Waals surface area contributed by atoms with E-state index in [2.05, 4.69) is 4.98 Å². The molecule has 0 bridgehead atoms. The van der Waals surface area contributed by atoms with Crippen LogP contribution in [0.15, 0.2) is 32.8 Å². The van der Waals surface area contributed by atoms with Crippen LogP contribution in [0.4, 0.5) is 13.2 Å². The van der Waals surface area contributed by atoms with E-state index in [0.717, 1.165) is 16.1 Å². The maximum atomic E-state index is 12.8. The maximum absolute atomic E-state index is 12.8. The quantitative estimate of drug-likeness (QED) is 0.666. The lowest BCUT2D eigenvalue weighted by molar-refractivity contribution is -0.137. The molecule has 0 spiro atoms. The third-order valence-corrected chi connectivity index (χ3v) is 4.44. The van der Waals surface area contributed by atoms with Crippen molar-refractivity contribution in [2.45, 2.75) is 22.3 Å². The van der Waals surface area contributed by atoms with E-state index in [9.17, 15) is 13.2 Å². The number of halogens is 3. The van der Waals surface area contributed by atoms with Gasteiger partial charge in [0.15, 0.2) is 4.34 Å². The smallest absolute Gasteiger partial charge is 0.384 e. The number of nitrogen functional groups attached to an aromatic ring is 1. The minimum absolute atomic E-state index is 0.309. The van der Waals surface area contributed by atoms with Crippen LogP contribution in [0.3, 0.4) is 0 Å². The van der Waals surface area contributed by atoms with Crippen LogP contribution in [0.1, 0.15) is 16.8 Å². The van der Waals surface area contributed by atoms with Gasteiger partial charge in [-0.05, 0) is 25.1 Å². The number of aryl methyl sites for hydroxylation is 1. The monoisotopic (exact) mass is 317 g/mol. The third-order valence-electron chi connectivity index (χ3n) is 2.39. The summed E-state index contributed by atoms with van der Waals surface area (Å²) in [6, 6.07) is 3.57. The standard InChI is InChI=1S/C12H10F3N3S2/c1-6-5-19-11(18-6)20-7-2-3-9(12(13,14)15)8(4-7)10(16)17/h2-5H,1H3,(H3,16,17). The molecule has 2 aromatic rings. The van der Waals surface area contributed by atoms with Crippen LogP contribution in [0, 0.1) is 12.3 Å². The van der Waals surface area contributed by atoms with E-state index in [-0.39, 0.29) is 5.56 Å². The predicted octanol–water partition coefficient (Wildman–Crippen LogP) is 3.91. The molecule has 1 heterocycles. The van der Waals surface area contributed by atoms with E-state index >= 15 is 0 Å². The first-order valence-electron chi connectivity index (χ1n) is 5.43. The Morgan fingerprint density at radius 1 is 1.40 bits per heavy atom. The summed E-state index contributed by atoms with van der Waals surface area (Å²) in [5.41, 5.74) is 4.89. The highest BCUT2D eigenvalue weighted by atomic mass is 32.2. The van der Waals surface area contributed by atoms with E-state index in [1.807, 2.05) is 12.3 Å². The number of nitrogens with two attached hydrogens (primary N) is 1. The van der Waals surface area contributed by atoms with Gasteiger partial charge in [0.1, 0.15) is 5.84 Å². The number of thiazole rings is 1. The minimum Gasteiger partial charge on any atom is -0.384 e. The van der Waals surface area contributed by atoms with E-state index < -0.39 is 17.6 Å². The minimum atomic E-state index is -4.53. The van der Waals surface area contributed by atoms with Crippen molar-refractivity contribution in [2.75, 3.05) is 0 Å². The molecule has 106 valence electrons. The molecule has 0 unspecified atom stereocenters. The van der Waals surface area contributed by atoms with Crippen molar-refractivity contribution in [3.63, 3.8) is 0 Å². The summed E-state index contributed by atoms with van der Waals surface area (Å²) in [6.07, 6.45) is -4.53. The van der Waals surface area contributed by atoms with Crippen LogP contribution in [-0.2, 0) is 6.18 Å². The lowest BCUT2D eigenvalue weighted by Gasteiger charge is -2.12. The average molecular weight is 317 g/mol. The molecule has 8 heteroatoms. The number of benzene rings is 1. The van der Waals surface area contributed by atoms with Crippen LogP contribution in [0.25, 0.3) is 0 Å². The highest BCUT2D eigenvalue weighted by Gasteiger charge is 2.34.